The van der Waals surface area contributed by atoms with E-state index >= 15 is 0 Å². The fourth-order valence-electron chi connectivity index (χ4n) is 3.23. The van der Waals surface area contributed by atoms with Gasteiger partial charge in [0.15, 0.2) is 5.75 Å². The second-order valence-corrected chi connectivity index (χ2v) is 10.1. The van der Waals surface area contributed by atoms with Gasteiger partial charge in [0, 0.05) is 44.8 Å². The van der Waals surface area contributed by atoms with Gasteiger partial charge in [-0.15, -0.1) is 0 Å². The normalized spacial score (nSPS) is 16.7. The first kappa shape index (κ1) is 19.1. The van der Waals surface area contributed by atoms with Crippen molar-refractivity contribution in [1.29, 1.82) is 0 Å². The Balaban J connectivity index is 1.91. The third-order valence-corrected chi connectivity index (χ3v) is 7.56. The third kappa shape index (κ3) is 3.34. The summed E-state index contributed by atoms with van der Waals surface area (Å²) in [5.41, 5.74) is 1.32. The zero-order chi connectivity index (χ0) is 19.9. The number of ether oxygens (including phenoxy) is 1. The number of rotatable bonds is 3. The molecule has 0 aromatic heterocycles. The van der Waals surface area contributed by atoms with Crippen LogP contribution in [0.15, 0.2) is 41.3 Å². The van der Waals surface area contributed by atoms with Crippen LogP contribution in [0.25, 0.3) is 0 Å². The number of carbonyl (C=O) groups excluding carboxylic acids is 1. The molecule has 9 heteroatoms. The van der Waals surface area contributed by atoms with E-state index in [1.165, 1.54) is 24.5 Å². The minimum atomic E-state index is -3.74. The second-order valence-electron chi connectivity index (χ2n) is 6.76. The summed E-state index contributed by atoms with van der Waals surface area (Å²) in [7, 11) is -0.765. The molecule has 1 saturated heterocycles. The largest absolute Gasteiger partial charge is 0.454 e. The zero-order valence-corrected chi connectivity index (χ0v) is 17.3. The lowest BCUT2D eigenvalue weighted by Gasteiger charge is -2.31. The van der Waals surface area contributed by atoms with Gasteiger partial charge in [0.25, 0.3) is 5.91 Å². The van der Waals surface area contributed by atoms with Crippen molar-refractivity contribution < 1.29 is 17.9 Å². The van der Waals surface area contributed by atoms with Crippen molar-refractivity contribution in [3.63, 3.8) is 0 Å². The molecule has 0 radical (unpaired) electrons. The van der Waals surface area contributed by atoms with Crippen molar-refractivity contribution >= 4 is 39.1 Å². The van der Waals surface area contributed by atoms with Crippen LogP contribution in [0.4, 0.5) is 11.4 Å². The van der Waals surface area contributed by atoms with E-state index in [1.54, 1.807) is 24.3 Å². The summed E-state index contributed by atoms with van der Waals surface area (Å²) in [6.07, 6.45) is 0. The van der Waals surface area contributed by atoms with Gasteiger partial charge in [-0.05, 0) is 18.2 Å². The number of amides is 1. The second kappa shape index (κ2) is 7.31. The monoisotopic (exact) mass is 419 g/mol. The summed E-state index contributed by atoms with van der Waals surface area (Å²) in [5.74, 6) is 2.33. The molecule has 0 bridgehead atoms. The summed E-state index contributed by atoms with van der Waals surface area (Å²) >= 11 is 1.84. The van der Waals surface area contributed by atoms with Crippen molar-refractivity contribution in [3.8, 4) is 11.5 Å². The molecular formula is C19H21N3O4S2. The molecule has 0 atom stereocenters. The SMILES string of the molecule is CN(C)S(=O)(=O)c1cc2c(cc1N1CCSCC1)Oc1ccccc1NC2=O. The Morgan fingerprint density at radius 2 is 1.82 bits per heavy atom. The molecule has 1 fully saturated rings. The van der Waals surface area contributed by atoms with Gasteiger partial charge in [-0.3, -0.25) is 4.79 Å². The van der Waals surface area contributed by atoms with Crippen LogP contribution >= 0.6 is 11.8 Å². The minimum Gasteiger partial charge on any atom is -0.454 e. The van der Waals surface area contributed by atoms with Crippen molar-refractivity contribution in [1.82, 2.24) is 4.31 Å². The lowest BCUT2D eigenvalue weighted by molar-refractivity contribution is 0.102. The van der Waals surface area contributed by atoms with Gasteiger partial charge >= 0.3 is 0 Å². The van der Waals surface area contributed by atoms with Gasteiger partial charge in [-0.25, -0.2) is 12.7 Å². The average molecular weight is 420 g/mol. The first-order valence-corrected chi connectivity index (χ1v) is 11.5. The summed E-state index contributed by atoms with van der Waals surface area (Å²) in [6.45, 7) is 1.48. The summed E-state index contributed by atoms with van der Waals surface area (Å²) < 4.78 is 33.2. The number of carbonyl (C=O) groups is 1. The Morgan fingerprint density at radius 3 is 2.54 bits per heavy atom. The number of thioether (sulfide) groups is 1. The number of fused-ring (bicyclic) bond motifs is 2. The number of hydrogen-bond acceptors (Lipinski definition) is 6. The van der Waals surface area contributed by atoms with Crippen molar-refractivity contribution in [2.45, 2.75) is 4.90 Å². The molecule has 1 amide bonds. The van der Waals surface area contributed by atoms with Gasteiger partial charge in [0.1, 0.15) is 10.6 Å². The van der Waals surface area contributed by atoms with Gasteiger partial charge in [-0.1, -0.05) is 12.1 Å². The number of nitrogens with zero attached hydrogens (tertiary/aromatic N) is 2. The summed E-state index contributed by atoms with van der Waals surface area (Å²) in [5, 5.41) is 2.80. The lowest BCUT2D eigenvalue weighted by Crippen LogP contribution is -2.35. The highest BCUT2D eigenvalue weighted by atomic mass is 32.2. The Labute approximate surface area is 168 Å². The topological polar surface area (TPSA) is 79.0 Å². The predicted molar refractivity (Wildman–Crippen MR) is 111 cm³/mol. The molecule has 0 unspecified atom stereocenters. The van der Waals surface area contributed by atoms with Crippen LogP contribution in [-0.2, 0) is 10.0 Å². The van der Waals surface area contributed by atoms with Gasteiger partial charge in [0.2, 0.25) is 10.0 Å². The number of hydrogen-bond donors (Lipinski definition) is 1. The van der Waals surface area contributed by atoms with Crippen molar-refractivity contribution in [2.24, 2.45) is 0 Å². The van der Waals surface area contributed by atoms with Crippen LogP contribution in [0.2, 0.25) is 0 Å². The first-order valence-electron chi connectivity index (χ1n) is 8.89. The van der Waals surface area contributed by atoms with Crippen LogP contribution in [0.3, 0.4) is 0 Å². The highest BCUT2D eigenvalue weighted by molar-refractivity contribution is 7.99. The van der Waals surface area contributed by atoms with Crippen LogP contribution in [0.1, 0.15) is 10.4 Å². The van der Waals surface area contributed by atoms with E-state index in [1.807, 2.05) is 22.7 Å². The maximum absolute atomic E-state index is 13.0. The van der Waals surface area contributed by atoms with E-state index in [0.717, 1.165) is 24.6 Å². The smallest absolute Gasteiger partial charge is 0.259 e. The Bertz CT molecular complexity index is 1030. The van der Waals surface area contributed by atoms with Crippen molar-refractivity contribution in [2.75, 3.05) is 48.9 Å². The molecule has 0 spiro atoms. The number of sulfonamides is 1. The average Bonchev–Trinajstić information content (AvgIpc) is 2.83. The van der Waals surface area contributed by atoms with Crippen LogP contribution < -0.4 is 15.0 Å². The lowest BCUT2D eigenvalue weighted by atomic mass is 10.1. The maximum Gasteiger partial charge on any atom is 0.259 e. The fourth-order valence-corrected chi connectivity index (χ4v) is 5.25. The van der Waals surface area contributed by atoms with E-state index in [4.69, 9.17) is 4.74 Å². The Kier molecular flexibility index (Phi) is 4.98. The highest BCUT2D eigenvalue weighted by Crippen LogP contribution is 2.41. The molecular weight excluding hydrogens is 398 g/mol. The fraction of sp³-hybridized carbons (Fsp3) is 0.316. The van der Waals surface area contributed by atoms with E-state index in [9.17, 15) is 13.2 Å². The van der Waals surface area contributed by atoms with Crippen LogP contribution in [0, 0.1) is 0 Å². The Morgan fingerprint density at radius 1 is 1.11 bits per heavy atom. The van der Waals surface area contributed by atoms with E-state index in [-0.39, 0.29) is 10.5 Å². The Hall–Kier alpha value is -2.23. The molecule has 2 aromatic rings. The quantitative estimate of drug-likeness (QED) is 0.824. The summed E-state index contributed by atoms with van der Waals surface area (Å²) in [4.78, 5) is 15.0. The standard InChI is InChI=1S/C19H21N3O4S2/c1-21(2)28(24,25)18-11-13-17(12-15(18)22-7-9-27-10-8-22)26-16-6-4-3-5-14(16)20-19(13)23/h3-6,11-12H,7-10H2,1-2H3,(H,20,23). The molecule has 7 nitrogen and oxygen atoms in total. The van der Waals surface area contributed by atoms with Crippen LogP contribution in [0.5, 0.6) is 11.5 Å². The van der Waals surface area contributed by atoms with Gasteiger partial charge < -0.3 is 15.0 Å². The van der Waals surface area contributed by atoms with Gasteiger partial charge in [0.05, 0.1) is 16.9 Å². The first-order chi connectivity index (χ1) is 13.4. The predicted octanol–water partition coefficient (Wildman–Crippen LogP) is 2.85. The third-order valence-electron chi connectivity index (χ3n) is 4.77. The van der Waals surface area contributed by atoms with E-state index in [2.05, 4.69) is 5.32 Å². The molecule has 0 saturated carbocycles. The van der Waals surface area contributed by atoms with E-state index in [0.29, 0.717) is 22.9 Å². The van der Waals surface area contributed by atoms with E-state index < -0.39 is 15.9 Å². The number of anilines is 2. The molecule has 1 N–H and O–H groups in total. The number of benzene rings is 2. The number of nitrogens with one attached hydrogen (secondary N) is 1. The molecule has 2 aliphatic heterocycles. The van der Waals surface area contributed by atoms with Crippen LogP contribution in [-0.4, -0.2) is 57.3 Å². The molecule has 2 aliphatic rings. The zero-order valence-electron chi connectivity index (χ0n) is 15.6. The van der Waals surface area contributed by atoms with Gasteiger partial charge in [-0.2, -0.15) is 11.8 Å². The molecule has 4 rings (SSSR count). The molecule has 0 aliphatic carbocycles. The molecule has 148 valence electrons. The number of para-hydroxylation sites is 2. The van der Waals surface area contributed by atoms with Crippen molar-refractivity contribution in [3.05, 3.63) is 42.0 Å². The molecule has 28 heavy (non-hydrogen) atoms. The highest BCUT2D eigenvalue weighted by Gasteiger charge is 2.30. The molecule has 2 heterocycles. The minimum absolute atomic E-state index is 0.118. The molecule has 2 aromatic carbocycles. The maximum atomic E-state index is 13.0. The summed E-state index contributed by atoms with van der Waals surface area (Å²) in [6, 6.07) is 10.3.